The third kappa shape index (κ3) is 4.99. The summed E-state index contributed by atoms with van der Waals surface area (Å²) in [5.74, 6) is 0.209. The van der Waals surface area contributed by atoms with Crippen molar-refractivity contribution in [1.29, 1.82) is 0 Å². The first-order valence-corrected chi connectivity index (χ1v) is 10.9. The summed E-state index contributed by atoms with van der Waals surface area (Å²) in [6.45, 7) is 4.55. The molecule has 3 aromatic rings. The molecule has 1 atom stereocenters. The number of aromatic nitrogens is 2. The Kier molecular flexibility index (Phi) is 6.68. The molecule has 0 saturated heterocycles. The van der Waals surface area contributed by atoms with E-state index in [4.69, 9.17) is 0 Å². The second kappa shape index (κ2) is 9.19. The molecule has 0 saturated carbocycles. The Balaban J connectivity index is 1.81. The highest BCUT2D eigenvalue weighted by atomic mass is 32.2. The summed E-state index contributed by atoms with van der Waals surface area (Å²) in [5.41, 5.74) is 1.84. The van der Waals surface area contributed by atoms with Gasteiger partial charge in [-0.1, -0.05) is 49.0 Å². The Bertz CT molecular complexity index is 966. The van der Waals surface area contributed by atoms with Gasteiger partial charge in [0.2, 0.25) is 5.91 Å². The molecule has 0 spiro atoms. The third-order valence-corrected chi connectivity index (χ3v) is 6.22. The zero-order valence-corrected chi connectivity index (χ0v) is 17.1. The molecule has 0 aliphatic carbocycles. The number of carbonyl (C=O) groups excluding carboxylic acids is 1. The van der Waals surface area contributed by atoms with Crippen molar-refractivity contribution in [1.82, 2.24) is 14.9 Å². The predicted octanol–water partition coefficient (Wildman–Crippen LogP) is 3.71. The van der Waals surface area contributed by atoms with Crippen LogP contribution < -0.4 is 10.9 Å². The van der Waals surface area contributed by atoms with Gasteiger partial charge < -0.3 is 5.32 Å². The van der Waals surface area contributed by atoms with Crippen molar-refractivity contribution in [3.05, 3.63) is 57.7 Å². The molecule has 1 aromatic carbocycles. The quantitative estimate of drug-likeness (QED) is 0.462. The lowest BCUT2D eigenvalue weighted by Gasteiger charge is -2.13. The number of thioether (sulfide) groups is 1. The molecule has 1 N–H and O–H groups in total. The highest BCUT2D eigenvalue weighted by Gasteiger charge is 2.15. The van der Waals surface area contributed by atoms with Crippen molar-refractivity contribution in [2.24, 2.45) is 0 Å². The molecular weight excluding hydrogens is 378 g/mol. The van der Waals surface area contributed by atoms with E-state index in [1.807, 2.05) is 43.5 Å². The number of thiophene rings is 1. The standard InChI is InChI=1S/C20H23N3O2S2/c1-3-14(2)21-17(24)13-27-20-22-16-10-12-26-18(16)19(25)23(20)11-9-15-7-5-4-6-8-15/h4-8,10,12,14H,3,9,11,13H2,1-2H3,(H,21,24). The fraction of sp³-hybridized carbons (Fsp3) is 0.350. The van der Waals surface area contributed by atoms with Crippen molar-refractivity contribution in [2.45, 2.75) is 44.4 Å². The second-order valence-corrected chi connectivity index (χ2v) is 8.25. The van der Waals surface area contributed by atoms with Gasteiger partial charge in [0.15, 0.2) is 5.16 Å². The third-order valence-electron chi connectivity index (χ3n) is 4.35. The average molecular weight is 402 g/mol. The topological polar surface area (TPSA) is 64.0 Å². The molecule has 27 heavy (non-hydrogen) atoms. The van der Waals surface area contributed by atoms with Crippen molar-refractivity contribution < 1.29 is 4.79 Å². The number of fused-ring (bicyclic) bond motifs is 1. The summed E-state index contributed by atoms with van der Waals surface area (Å²) in [7, 11) is 0. The molecule has 2 aromatic heterocycles. The monoisotopic (exact) mass is 401 g/mol. The fourth-order valence-electron chi connectivity index (χ4n) is 2.67. The van der Waals surface area contributed by atoms with Gasteiger partial charge in [0.25, 0.3) is 5.56 Å². The lowest BCUT2D eigenvalue weighted by atomic mass is 10.1. The van der Waals surface area contributed by atoms with E-state index in [9.17, 15) is 9.59 Å². The first-order chi connectivity index (χ1) is 13.1. The van der Waals surface area contributed by atoms with E-state index in [1.165, 1.54) is 28.7 Å². The van der Waals surface area contributed by atoms with Crippen molar-refractivity contribution in [2.75, 3.05) is 5.75 Å². The number of hydrogen-bond acceptors (Lipinski definition) is 5. The van der Waals surface area contributed by atoms with E-state index in [0.717, 1.165) is 12.8 Å². The molecule has 2 heterocycles. The number of rotatable bonds is 8. The molecule has 5 nitrogen and oxygen atoms in total. The van der Waals surface area contributed by atoms with E-state index in [2.05, 4.69) is 22.4 Å². The van der Waals surface area contributed by atoms with Gasteiger partial charge in [-0.2, -0.15) is 0 Å². The Hall–Kier alpha value is -2.12. The fourth-order valence-corrected chi connectivity index (χ4v) is 4.28. The normalized spacial score (nSPS) is 12.2. The van der Waals surface area contributed by atoms with Gasteiger partial charge in [0, 0.05) is 12.6 Å². The molecule has 1 unspecified atom stereocenters. The van der Waals surface area contributed by atoms with Crippen LogP contribution in [0.3, 0.4) is 0 Å². The average Bonchev–Trinajstić information content (AvgIpc) is 3.15. The summed E-state index contributed by atoms with van der Waals surface area (Å²) in [6.07, 6.45) is 1.63. The maximum atomic E-state index is 12.9. The van der Waals surface area contributed by atoms with Crippen LogP contribution in [0.1, 0.15) is 25.8 Å². The van der Waals surface area contributed by atoms with Gasteiger partial charge in [-0.15, -0.1) is 11.3 Å². The SMILES string of the molecule is CCC(C)NC(=O)CSc1nc2ccsc2c(=O)n1CCc1ccccc1. The molecule has 0 bridgehead atoms. The first-order valence-electron chi connectivity index (χ1n) is 9.02. The van der Waals surface area contributed by atoms with Crippen molar-refractivity contribution in [3.63, 3.8) is 0 Å². The maximum Gasteiger partial charge on any atom is 0.272 e. The Morgan fingerprint density at radius 1 is 1.30 bits per heavy atom. The van der Waals surface area contributed by atoms with Gasteiger partial charge in [0.05, 0.1) is 11.3 Å². The van der Waals surface area contributed by atoms with Crippen LogP contribution in [0.5, 0.6) is 0 Å². The molecule has 3 rings (SSSR count). The lowest BCUT2D eigenvalue weighted by Crippen LogP contribution is -2.33. The van der Waals surface area contributed by atoms with Crippen LogP contribution in [-0.2, 0) is 17.8 Å². The molecule has 0 aliphatic rings. The predicted molar refractivity (Wildman–Crippen MR) is 113 cm³/mol. The summed E-state index contributed by atoms with van der Waals surface area (Å²) in [5, 5.41) is 5.43. The molecular formula is C20H23N3O2S2. The van der Waals surface area contributed by atoms with E-state index >= 15 is 0 Å². The summed E-state index contributed by atoms with van der Waals surface area (Å²) in [4.78, 5) is 29.7. The Morgan fingerprint density at radius 3 is 2.81 bits per heavy atom. The van der Waals surface area contributed by atoms with Gasteiger partial charge in [-0.3, -0.25) is 14.2 Å². The number of amides is 1. The van der Waals surface area contributed by atoms with Crippen LogP contribution in [0.4, 0.5) is 0 Å². The van der Waals surface area contributed by atoms with Crippen LogP contribution in [0.25, 0.3) is 10.2 Å². The maximum absolute atomic E-state index is 12.9. The molecule has 142 valence electrons. The minimum atomic E-state index is -0.0383. The van der Waals surface area contributed by atoms with E-state index in [-0.39, 0.29) is 23.3 Å². The van der Waals surface area contributed by atoms with E-state index in [1.54, 1.807) is 4.57 Å². The minimum absolute atomic E-state index is 0.0317. The van der Waals surface area contributed by atoms with Crippen molar-refractivity contribution in [3.8, 4) is 0 Å². The summed E-state index contributed by atoms with van der Waals surface area (Å²) in [6, 6.07) is 12.1. The number of aryl methyl sites for hydroxylation is 1. The summed E-state index contributed by atoms with van der Waals surface area (Å²) >= 11 is 2.73. The number of nitrogens with one attached hydrogen (secondary N) is 1. The zero-order valence-electron chi connectivity index (χ0n) is 15.5. The number of carbonyl (C=O) groups is 1. The van der Waals surface area contributed by atoms with Crippen LogP contribution in [-0.4, -0.2) is 27.3 Å². The molecule has 0 fully saturated rings. The second-order valence-electron chi connectivity index (χ2n) is 6.39. The number of nitrogens with zero attached hydrogens (tertiary/aromatic N) is 2. The highest BCUT2D eigenvalue weighted by Crippen LogP contribution is 2.21. The largest absolute Gasteiger partial charge is 0.353 e. The van der Waals surface area contributed by atoms with Crippen LogP contribution in [0.15, 0.2) is 51.7 Å². The van der Waals surface area contributed by atoms with Gasteiger partial charge in [-0.25, -0.2) is 4.98 Å². The van der Waals surface area contributed by atoms with Gasteiger partial charge in [-0.05, 0) is 36.8 Å². The highest BCUT2D eigenvalue weighted by molar-refractivity contribution is 7.99. The first kappa shape index (κ1) is 19.6. The Labute approximate surface area is 166 Å². The smallest absolute Gasteiger partial charge is 0.272 e. The Morgan fingerprint density at radius 2 is 2.07 bits per heavy atom. The van der Waals surface area contributed by atoms with Crippen LogP contribution in [0.2, 0.25) is 0 Å². The van der Waals surface area contributed by atoms with Crippen LogP contribution >= 0.6 is 23.1 Å². The van der Waals surface area contributed by atoms with Crippen LogP contribution in [0, 0.1) is 0 Å². The summed E-state index contributed by atoms with van der Waals surface area (Å²) < 4.78 is 2.36. The van der Waals surface area contributed by atoms with Gasteiger partial charge in [0.1, 0.15) is 4.70 Å². The molecule has 0 radical (unpaired) electrons. The van der Waals surface area contributed by atoms with Gasteiger partial charge >= 0.3 is 0 Å². The molecule has 7 heteroatoms. The van der Waals surface area contributed by atoms with E-state index in [0.29, 0.717) is 21.9 Å². The minimum Gasteiger partial charge on any atom is -0.353 e. The number of benzene rings is 1. The number of hydrogen-bond donors (Lipinski definition) is 1. The molecule has 0 aliphatic heterocycles. The molecule has 1 amide bonds. The lowest BCUT2D eigenvalue weighted by molar-refractivity contribution is -0.119. The van der Waals surface area contributed by atoms with E-state index < -0.39 is 0 Å². The van der Waals surface area contributed by atoms with Crippen molar-refractivity contribution >= 4 is 39.2 Å². The zero-order chi connectivity index (χ0) is 19.2.